The van der Waals surface area contributed by atoms with Crippen molar-refractivity contribution in [2.45, 2.75) is 33.1 Å². The van der Waals surface area contributed by atoms with Crippen LogP contribution < -0.4 is 10.9 Å². The van der Waals surface area contributed by atoms with Crippen molar-refractivity contribution in [3.05, 3.63) is 68.2 Å². The third kappa shape index (κ3) is 3.20. The van der Waals surface area contributed by atoms with Crippen LogP contribution in [0.5, 0.6) is 0 Å². The zero-order valence-corrected chi connectivity index (χ0v) is 18.7. The first kappa shape index (κ1) is 20.4. The number of hydrogen-bond donors (Lipinski definition) is 1. The quantitative estimate of drug-likeness (QED) is 0.468. The molecule has 4 aromatic heterocycles. The van der Waals surface area contributed by atoms with Crippen LogP contribution in [0.4, 0.5) is 5.00 Å². The number of furan rings is 2. The first-order valence-electron chi connectivity index (χ1n) is 10.3. The number of ketones is 1. The van der Waals surface area contributed by atoms with Crippen LogP contribution in [0.15, 0.2) is 38.4 Å². The monoisotopic (exact) mass is 451 g/mol. The van der Waals surface area contributed by atoms with Crippen molar-refractivity contribution >= 4 is 39.1 Å². The molecule has 0 radical (unpaired) electrons. The highest BCUT2D eigenvalue weighted by Gasteiger charge is 2.31. The van der Waals surface area contributed by atoms with Crippen LogP contribution in [0.1, 0.15) is 56.0 Å². The van der Waals surface area contributed by atoms with Crippen LogP contribution in [0.2, 0.25) is 0 Å². The molecule has 4 aromatic rings. The molecule has 0 saturated heterocycles. The summed E-state index contributed by atoms with van der Waals surface area (Å²) in [6.45, 7) is 3.80. The molecule has 32 heavy (non-hydrogen) atoms. The fourth-order valence-corrected chi connectivity index (χ4v) is 5.64. The summed E-state index contributed by atoms with van der Waals surface area (Å²) in [5, 5.41) is 3.48. The van der Waals surface area contributed by atoms with Gasteiger partial charge in [0.25, 0.3) is 11.5 Å². The Balaban J connectivity index is 1.61. The van der Waals surface area contributed by atoms with Crippen LogP contribution >= 0.6 is 11.3 Å². The molecule has 1 atom stereocenters. The van der Waals surface area contributed by atoms with Crippen molar-refractivity contribution in [2.75, 3.05) is 5.32 Å². The Labute approximate surface area is 186 Å². The fraction of sp³-hybridized carbons (Fsp3) is 0.304. The van der Waals surface area contributed by atoms with E-state index < -0.39 is 5.91 Å². The zero-order chi connectivity index (χ0) is 22.6. The van der Waals surface area contributed by atoms with Gasteiger partial charge < -0.3 is 18.7 Å². The number of aryl methyl sites for hydroxylation is 2. The van der Waals surface area contributed by atoms with E-state index in [4.69, 9.17) is 8.83 Å². The van der Waals surface area contributed by atoms with Crippen molar-refractivity contribution in [3.63, 3.8) is 0 Å². The largest absolute Gasteiger partial charge is 0.461 e. The highest BCUT2D eigenvalue weighted by Crippen LogP contribution is 2.41. The maximum absolute atomic E-state index is 13.3. The van der Waals surface area contributed by atoms with Crippen molar-refractivity contribution < 1.29 is 18.4 Å². The molecule has 1 aliphatic carbocycles. The van der Waals surface area contributed by atoms with Crippen LogP contribution in [-0.2, 0) is 19.9 Å². The molecule has 0 bridgehead atoms. The van der Waals surface area contributed by atoms with Gasteiger partial charge in [-0.25, -0.2) is 4.98 Å². The van der Waals surface area contributed by atoms with Gasteiger partial charge in [0.2, 0.25) is 11.5 Å². The number of nitrogens with one attached hydrogen (secondary N) is 1. The van der Waals surface area contributed by atoms with E-state index in [1.807, 2.05) is 0 Å². The van der Waals surface area contributed by atoms with E-state index >= 15 is 0 Å². The molecule has 0 aromatic carbocycles. The first-order valence-corrected chi connectivity index (χ1v) is 11.2. The van der Waals surface area contributed by atoms with E-state index in [0.29, 0.717) is 22.2 Å². The van der Waals surface area contributed by atoms with Gasteiger partial charge >= 0.3 is 0 Å². The number of aromatic nitrogens is 2. The van der Waals surface area contributed by atoms with Gasteiger partial charge in [0.15, 0.2) is 5.76 Å². The van der Waals surface area contributed by atoms with Gasteiger partial charge in [-0.05, 0) is 49.8 Å². The molecule has 4 heterocycles. The summed E-state index contributed by atoms with van der Waals surface area (Å²) in [4.78, 5) is 44.5. The molecule has 1 N–H and O–H groups in total. The Morgan fingerprint density at radius 3 is 2.88 bits per heavy atom. The average Bonchev–Trinajstić information content (AvgIpc) is 3.47. The number of hydrogen-bond acceptors (Lipinski definition) is 7. The highest BCUT2D eigenvalue weighted by molar-refractivity contribution is 7.17. The van der Waals surface area contributed by atoms with Gasteiger partial charge in [0.1, 0.15) is 22.5 Å². The predicted octanol–water partition coefficient (Wildman–Crippen LogP) is 4.10. The number of fused-ring (bicyclic) bond motifs is 2. The molecule has 8 nitrogen and oxygen atoms in total. The Hall–Kier alpha value is -3.46. The Kier molecular flexibility index (Phi) is 4.85. The molecule has 1 unspecified atom stereocenters. The number of thiophene rings is 1. The summed E-state index contributed by atoms with van der Waals surface area (Å²) < 4.78 is 12.2. The molecule has 1 amide bonds. The number of amides is 1. The summed E-state index contributed by atoms with van der Waals surface area (Å²) >= 11 is 1.41. The molecular formula is C23H21N3O5S. The zero-order valence-electron chi connectivity index (χ0n) is 17.9. The summed E-state index contributed by atoms with van der Waals surface area (Å²) in [5.41, 5.74) is 1.31. The lowest BCUT2D eigenvalue weighted by molar-refractivity contribution is 0.101. The van der Waals surface area contributed by atoms with Gasteiger partial charge in [0.05, 0.1) is 17.4 Å². The van der Waals surface area contributed by atoms with Crippen molar-refractivity contribution in [1.82, 2.24) is 9.55 Å². The van der Waals surface area contributed by atoms with Crippen LogP contribution in [0, 0.1) is 12.8 Å². The summed E-state index contributed by atoms with van der Waals surface area (Å²) in [6.07, 6.45) is 5.40. The predicted molar refractivity (Wildman–Crippen MR) is 120 cm³/mol. The number of rotatable bonds is 4. The summed E-state index contributed by atoms with van der Waals surface area (Å²) in [6, 6.07) is 3.28. The van der Waals surface area contributed by atoms with Gasteiger partial charge in [-0.2, -0.15) is 0 Å². The summed E-state index contributed by atoms with van der Waals surface area (Å²) in [5.74, 6) is 0.255. The van der Waals surface area contributed by atoms with E-state index in [0.717, 1.165) is 29.7 Å². The SMILES string of the molecule is Cc1oc2ncn(C)c(=O)c2c1C(=O)Nc1sc2c(c1C(=O)c1ccco1)CCC(C)C2. The van der Waals surface area contributed by atoms with E-state index in [1.54, 1.807) is 26.1 Å². The minimum atomic E-state index is -0.508. The molecule has 0 spiro atoms. The van der Waals surface area contributed by atoms with Crippen molar-refractivity contribution in [3.8, 4) is 0 Å². The van der Waals surface area contributed by atoms with Gasteiger partial charge in [-0.15, -0.1) is 11.3 Å². The lowest BCUT2D eigenvalue weighted by Gasteiger charge is -2.18. The first-order chi connectivity index (χ1) is 15.3. The lowest BCUT2D eigenvalue weighted by atomic mass is 9.87. The van der Waals surface area contributed by atoms with E-state index in [2.05, 4.69) is 17.2 Å². The number of carbonyl (C=O) groups is 2. The molecule has 9 heteroatoms. The molecule has 0 saturated carbocycles. The summed E-state index contributed by atoms with van der Waals surface area (Å²) in [7, 11) is 1.56. The molecule has 0 fully saturated rings. The Morgan fingerprint density at radius 2 is 2.12 bits per heavy atom. The normalized spacial score (nSPS) is 15.7. The second-order valence-corrected chi connectivity index (χ2v) is 9.30. The van der Waals surface area contributed by atoms with Gasteiger partial charge in [-0.1, -0.05) is 6.92 Å². The van der Waals surface area contributed by atoms with Gasteiger partial charge in [0, 0.05) is 11.9 Å². The third-order valence-corrected chi connectivity index (χ3v) is 7.06. The molecule has 1 aliphatic rings. The molecule has 5 rings (SSSR count). The topological polar surface area (TPSA) is 107 Å². The molecular weight excluding hydrogens is 430 g/mol. The number of anilines is 1. The van der Waals surface area contributed by atoms with E-state index in [9.17, 15) is 14.4 Å². The smallest absolute Gasteiger partial charge is 0.265 e. The number of carbonyl (C=O) groups excluding carboxylic acids is 2. The van der Waals surface area contributed by atoms with Crippen LogP contribution in [0.25, 0.3) is 11.1 Å². The molecule has 0 aliphatic heterocycles. The Morgan fingerprint density at radius 1 is 1.31 bits per heavy atom. The fourth-order valence-electron chi connectivity index (χ4n) is 4.24. The van der Waals surface area contributed by atoms with Crippen molar-refractivity contribution in [1.29, 1.82) is 0 Å². The van der Waals surface area contributed by atoms with Crippen LogP contribution in [-0.4, -0.2) is 21.2 Å². The number of nitrogens with zero attached hydrogens (tertiary/aromatic N) is 2. The average molecular weight is 452 g/mol. The second kappa shape index (κ2) is 7.59. The lowest BCUT2D eigenvalue weighted by Crippen LogP contribution is -2.21. The minimum Gasteiger partial charge on any atom is -0.461 e. The maximum Gasteiger partial charge on any atom is 0.265 e. The molecule has 164 valence electrons. The standard InChI is InChI=1S/C23H21N3O5S/c1-11-6-7-13-15(9-11)32-22(17(13)19(27)14-5-4-8-30-14)25-20(28)16-12(2)31-21-18(16)23(29)26(3)10-24-21/h4-5,8,10-11H,6-7,9H2,1-3H3,(H,25,28). The highest BCUT2D eigenvalue weighted by atomic mass is 32.1. The van der Waals surface area contributed by atoms with Crippen molar-refractivity contribution in [2.24, 2.45) is 13.0 Å². The van der Waals surface area contributed by atoms with Gasteiger partial charge in [-0.3, -0.25) is 14.4 Å². The maximum atomic E-state index is 13.3. The second-order valence-electron chi connectivity index (χ2n) is 8.19. The minimum absolute atomic E-state index is 0.113. The van der Waals surface area contributed by atoms with Crippen LogP contribution in [0.3, 0.4) is 0 Å². The van der Waals surface area contributed by atoms with E-state index in [1.165, 1.54) is 28.5 Å². The third-order valence-electron chi connectivity index (χ3n) is 5.89. The Bertz CT molecular complexity index is 1420. The van der Waals surface area contributed by atoms with E-state index in [-0.39, 0.29) is 33.8 Å².